The SMILES string of the molecule is CC/C=C\C/C=C\C/C=C\CCCCCCCCCC(=O)OC(/C=C\CCCCCCCCC)CCCCCCCCC(=O)NC(CCCN)C(=O)O. The van der Waals surface area contributed by atoms with Crippen LogP contribution in [0.1, 0.15) is 206 Å². The maximum atomic E-state index is 12.8. The first-order valence-electron chi connectivity index (χ1n) is 22.0. The number of rotatable bonds is 39. The highest BCUT2D eigenvalue weighted by molar-refractivity contribution is 5.83. The monoisotopic (exact) mass is 743 g/mol. The van der Waals surface area contributed by atoms with Gasteiger partial charge in [0, 0.05) is 12.8 Å². The minimum atomic E-state index is -1.00. The molecule has 0 saturated carbocycles. The molecular formula is C46H82N2O5. The predicted molar refractivity (Wildman–Crippen MR) is 225 cm³/mol. The minimum absolute atomic E-state index is 0.0685. The molecule has 7 nitrogen and oxygen atoms in total. The average molecular weight is 743 g/mol. The Morgan fingerprint density at radius 1 is 0.585 bits per heavy atom. The number of ether oxygens (including phenoxy) is 1. The molecule has 53 heavy (non-hydrogen) atoms. The molecule has 306 valence electrons. The molecule has 0 aromatic heterocycles. The van der Waals surface area contributed by atoms with Crippen LogP contribution in [0.5, 0.6) is 0 Å². The van der Waals surface area contributed by atoms with Gasteiger partial charge in [-0.1, -0.05) is 153 Å². The van der Waals surface area contributed by atoms with E-state index in [9.17, 15) is 19.5 Å². The second-order valence-electron chi connectivity index (χ2n) is 14.7. The van der Waals surface area contributed by atoms with E-state index in [-0.39, 0.29) is 18.0 Å². The molecule has 0 heterocycles. The highest BCUT2D eigenvalue weighted by atomic mass is 16.5. The number of nitrogens with two attached hydrogens (primary N) is 1. The summed E-state index contributed by atoms with van der Waals surface area (Å²) in [6.45, 7) is 4.82. The molecule has 0 aliphatic heterocycles. The van der Waals surface area contributed by atoms with Gasteiger partial charge >= 0.3 is 11.9 Å². The van der Waals surface area contributed by atoms with Gasteiger partial charge in [-0.3, -0.25) is 9.59 Å². The summed E-state index contributed by atoms with van der Waals surface area (Å²) in [6.07, 6.45) is 48.9. The van der Waals surface area contributed by atoms with Gasteiger partial charge in [-0.2, -0.15) is 0 Å². The third kappa shape index (κ3) is 37.4. The fourth-order valence-electron chi connectivity index (χ4n) is 6.32. The van der Waals surface area contributed by atoms with Crippen molar-refractivity contribution in [1.82, 2.24) is 5.32 Å². The first-order chi connectivity index (χ1) is 25.9. The van der Waals surface area contributed by atoms with Gasteiger partial charge in [-0.15, -0.1) is 0 Å². The number of amides is 1. The van der Waals surface area contributed by atoms with E-state index < -0.39 is 12.0 Å². The molecule has 7 heteroatoms. The van der Waals surface area contributed by atoms with Crippen LogP contribution in [0.2, 0.25) is 0 Å². The summed E-state index contributed by atoms with van der Waals surface area (Å²) in [5.41, 5.74) is 5.48. The van der Waals surface area contributed by atoms with E-state index in [0.29, 0.717) is 32.2 Å². The van der Waals surface area contributed by atoms with E-state index in [1.54, 1.807) is 0 Å². The first-order valence-corrected chi connectivity index (χ1v) is 22.0. The van der Waals surface area contributed by atoms with E-state index >= 15 is 0 Å². The van der Waals surface area contributed by atoms with Gasteiger partial charge in [0.05, 0.1) is 0 Å². The number of esters is 1. The molecule has 2 unspecified atom stereocenters. The molecule has 0 aliphatic rings. The molecule has 4 N–H and O–H groups in total. The zero-order valence-corrected chi connectivity index (χ0v) is 34.4. The summed E-state index contributed by atoms with van der Waals surface area (Å²) in [6, 6.07) is -0.855. The third-order valence-corrected chi connectivity index (χ3v) is 9.61. The number of nitrogens with one attached hydrogen (secondary N) is 1. The number of unbranched alkanes of at least 4 members (excludes halogenated alkanes) is 19. The van der Waals surface area contributed by atoms with Crippen LogP contribution in [0.4, 0.5) is 0 Å². The van der Waals surface area contributed by atoms with E-state index in [4.69, 9.17) is 10.5 Å². The number of allylic oxidation sites excluding steroid dienone is 7. The molecule has 0 radical (unpaired) electrons. The molecule has 2 atom stereocenters. The standard InChI is InChI=1S/C46H82N2O5/c1-3-5-7-9-11-13-14-15-16-17-18-19-20-22-24-30-34-40-45(50)53-42(36-31-27-23-21-12-10-8-6-4-2)37-32-28-25-26-29-33-39-44(49)48-43(46(51)52)38-35-41-47/h5,7,11,13,15-16,31,36,42-43H,3-4,6,8-10,12,14,17-30,32-35,37-41,47H2,1-2H3,(H,48,49)(H,51,52)/b7-5-,13-11-,16-15-,36-31-. The Bertz CT molecular complexity index is 973. The predicted octanol–water partition coefficient (Wildman–Crippen LogP) is 12.4. The molecule has 0 aromatic carbocycles. The third-order valence-electron chi connectivity index (χ3n) is 9.61. The van der Waals surface area contributed by atoms with Crippen molar-refractivity contribution in [3.05, 3.63) is 48.6 Å². The van der Waals surface area contributed by atoms with Crippen LogP contribution in [0.3, 0.4) is 0 Å². The van der Waals surface area contributed by atoms with Crippen molar-refractivity contribution in [3.8, 4) is 0 Å². The lowest BCUT2D eigenvalue weighted by Gasteiger charge is -2.15. The molecule has 0 aliphatic carbocycles. The number of carbonyl (C=O) groups is 3. The van der Waals surface area contributed by atoms with E-state index in [0.717, 1.165) is 83.5 Å². The fraction of sp³-hybridized carbons (Fsp3) is 0.761. The highest BCUT2D eigenvalue weighted by Gasteiger charge is 2.18. The van der Waals surface area contributed by atoms with Crippen molar-refractivity contribution in [1.29, 1.82) is 0 Å². The second-order valence-corrected chi connectivity index (χ2v) is 14.7. The summed E-state index contributed by atoms with van der Waals surface area (Å²) < 4.78 is 5.96. The van der Waals surface area contributed by atoms with Gasteiger partial charge in [0.1, 0.15) is 12.1 Å². The highest BCUT2D eigenvalue weighted by Crippen LogP contribution is 2.16. The van der Waals surface area contributed by atoms with Crippen molar-refractivity contribution in [2.45, 2.75) is 219 Å². The molecule has 0 aromatic rings. The van der Waals surface area contributed by atoms with Crippen molar-refractivity contribution in [3.63, 3.8) is 0 Å². The quantitative estimate of drug-likeness (QED) is 0.0328. The Kier molecular flexibility index (Phi) is 38.5. The molecule has 1 amide bonds. The van der Waals surface area contributed by atoms with Crippen molar-refractivity contribution >= 4 is 17.8 Å². The van der Waals surface area contributed by atoms with Crippen LogP contribution in [0.15, 0.2) is 48.6 Å². The maximum absolute atomic E-state index is 12.8. The lowest BCUT2D eigenvalue weighted by molar-refractivity contribution is -0.147. The van der Waals surface area contributed by atoms with Crippen molar-refractivity contribution in [2.75, 3.05) is 6.54 Å². The summed E-state index contributed by atoms with van der Waals surface area (Å²) in [5, 5.41) is 11.9. The van der Waals surface area contributed by atoms with Crippen LogP contribution < -0.4 is 11.1 Å². The number of carboxylic acid groups (broad SMARTS) is 1. The Morgan fingerprint density at radius 2 is 1.09 bits per heavy atom. The molecule has 0 fully saturated rings. The van der Waals surface area contributed by atoms with Gasteiger partial charge in [0.2, 0.25) is 5.91 Å². The zero-order chi connectivity index (χ0) is 38.9. The van der Waals surface area contributed by atoms with Crippen LogP contribution in [0, 0.1) is 0 Å². The number of hydrogen-bond donors (Lipinski definition) is 3. The Morgan fingerprint density at radius 3 is 1.68 bits per heavy atom. The molecular weight excluding hydrogens is 661 g/mol. The zero-order valence-electron chi connectivity index (χ0n) is 34.4. The van der Waals surface area contributed by atoms with Crippen LogP contribution in [-0.4, -0.2) is 41.6 Å². The average Bonchev–Trinajstić information content (AvgIpc) is 3.14. The van der Waals surface area contributed by atoms with E-state index in [2.05, 4.69) is 67.8 Å². The smallest absolute Gasteiger partial charge is 0.326 e. The molecule has 0 bridgehead atoms. The number of carbonyl (C=O) groups excluding carboxylic acids is 2. The van der Waals surface area contributed by atoms with Gasteiger partial charge in [-0.25, -0.2) is 4.79 Å². The van der Waals surface area contributed by atoms with Gasteiger partial charge in [0.25, 0.3) is 0 Å². The number of aliphatic carboxylic acids is 1. The van der Waals surface area contributed by atoms with Crippen LogP contribution in [-0.2, 0) is 19.1 Å². The minimum Gasteiger partial charge on any atom is -0.480 e. The normalized spacial score (nSPS) is 13.1. The Hall–Kier alpha value is -2.67. The second kappa shape index (κ2) is 40.5. The lowest BCUT2D eigenvalue weighted by atomic mass is 10.0. The number of carboxylic acids is 1. The van der Waals surface area contributed by atoms with E-state index in [1.165, 1.54) is 83.5 Å². The molecule has 0 rings (SSSR count). The Labute approximate surface area is 326 Å². The van der Waals surface area contributed by atoms with Crippen LogP contribution in [0.25, 0.3) is 0 Å². The fourth-order valence-corrected chi connectivity index (χ4v) is 6.32. The Balaban J connectivity index is 4.28. The first kappa shape index (κ1) is 50.3. The van der Waals surface area contributed by atoms with Crippen molar-refractivity contribution in [2.24, 2.45) is 5.73 Å². The maximum Gasteiger partial charge on any atom is 0.326 e. The van der Waals surface area contributed by atoms with Gasteiger partial charge in [0.15, 0.2) is 0 Å². The topological polar surface area (TPSA) is 119 Å². The summed E-state index contributed by atoms with van der Waals surface area (Å²) in [7, 11) is 0. The number of hydrogen-bond acceptors (Lipinski definition) is 5. The lowest BCUT2D eigenvalue weighted by Crippen LogP contribution is -2.40. The largest absolute Gasteiger partial charge is 0.480 e. The van der Waals surface area contributed by atoms with E-state index in [1.807, 2.05) is 0 Å². The molecule has 0 saturated heterocycles. The van der Waals surface area contributed by atoms with Gasteiger partial charge < -0.3 is 20.9 Å². The summed E-state index contributed by atoms with van der Waals surface area (Å²) in [5.74, 6) is -1.28. The summed E-state index contributed by atoms with van der Waals surface area (Å²) >= 11 is 0. The van der Waals surface area contributed by atoms with Gasteiger partial charge in [-0.05, 0) is 96.1 Å². The molecule has 0 spiro atoms. The van der Waals surface area contributed by atoms with Crippen molar-refractivity contribution < 1.29 is 24.2 Å². The van der Waals surface area contributed by atoms with Crippen LogP contribution >= 0.6 is 0 Å². The summed E-state index contributed by atoms with van der Waals surface area (Å²) in [4.78, 5) is 36.3.